The van der Waals surface area contributed by atoms with Crippen molar-refractivity contribution in [2.45, 2.75) is 20.8 Å². The van der Waals surface area contributed by atoms with Crippen LogP contribution < -0.4 is 10.5 Å². The van der Waals surface area contributed by atoms with Crippen LogP contribution in [0.3, 0.4) is 0 Å². The Morgan fingerprint density at radius 1 is 1.12 bits per heavy atom. The number of aryl methyl sites for hydroxylation is 2. The molecule has 0 saturated heterocycles. The first-order valence-electron chi connectivity index (χ1n) is 7.16. The predicted octanol–water partition coefficient (Wildman–Crippen LogP) is 4.27. The topological polar surface area (TPSA) is 78.9 Å². The van der Waals surface area contributed by atoms with E-state index in [-0.39, 0.29) is 16.7 Å². The maximum Gasteiger partial charge on any atom is 0.249 e. The number of nitrogens with two attached hydrogens (primary N) is 1. The molecule has 0 aliphatic heterocycles. The molecule has 0 spiro atoms. The highest BCUT2D eigenvalue weighted by molar-refractivity contribution is 6.32. The zero-order valence-corrected chi connectivity index (χ0v) is 14.9. The first-order chi connectivity index (χ1) is 11.4. The SMILES string of the molecule is Cc1nc(Cl)c(N)c(Oc2c(C)c(C)nn2-c2cccc(Cl)c2)n1. The van der Waals surface area contributed by atoms with Gasteiger partial charge in [-0.25, -0.2) is 9.67 Å². The molecule has 0 bridgehead atoms. The van der Waals surface area contributed by atoms with Crippen LogP contribution in [-0.2, 0) is 0 Å². The second-order valence-corrected chi connectivity index (χ2v) is 6.08. The van der Waals surface area contributed by atoms with Crippen LogP contribution in [0.1, 0.15) is 17.1 Å². The van der Waals surface area contributed by atoms with Crippen molar-refractivity contribution < 1.29 is 4.74 Å². The van der Waals surface area contributed by atoms with Crippen LogP contribution in [0.25, 0.3) is 5.69 Å². The minimum absolute atomic E-state index is 0.153. The minimum Gasteiger partial charge on any atom is -0.418 e. The lowest BCUT2D eigenvalue weighted by atomic mass is 10.3. The Labute approximate surface area is 149 Å². The molecule has 0 atom stereocenters. The lowest BCUT2D eigenvalue weighted by Crippen LogP contribution is -2.04. The number of halogens is 2. The van der Waals surface area contributed by atoms with Gasteiger partial charge in [0, 0.05) is 10.6 Å². The molecule has 0 amide bonds. The molecule has 2 N–H and O–H groups in total. The number of benzene rings is 1. The summed E-state index contributed by atoms with van der Waals surface area (Å²) in [6.45, 7) is 5.51. The molecule has 24 heavy (non-hydrogen) atoms. The van der Waals surface area contributed by atoms with Gasteiger partial charge in [-0.1, -0.05) is 29.3 Å². The third-order valence-electron chi connectivity index (χ3n) is 3.53. The molecule has 0 aliphatic carbocycles. The molecule has 124 valence electrons. The number of anilines is 1. The van der Waals surface area contributed by atoms with Gasteiger partial charge in [0.1, 0.15) is 11.5 Å². The summed E-state index contributed by atoms with van der Waals surface area (Å²) in [5, 5.41) is 5.26. The number of aromatic nitrogens is 4. The van der Waals surface area contributed by atoms with Crippen LogP contribution in [0.15, 0.2) is 24.3 Å². The van der Waals surface area contributed by atoms with E-state index < -0.39 is 0 Å². The van der Waals surface area contributed by atoms with E-state index in [9.17, 15) is 0 Å². The summed E-state index contributed by atoms with van der Waals surface area (Å²) in [5.41, 5.74) is 8.57. The molecule has 8 heteroatoms. The van der Waals surface area contributed by atoms with Gasteiger partial charge in [-0.3, -0.25) is 0 Å². The van der Waals surface area contributed by atoms with E-state index in [2.05, 4.69) is 15.1 Å². The van der Waals surface area contributed by atoms with Crippen LogP contribution in [0.4, 0.5) is 5.69 Å². The van der Waals surface area contributed by atoms with Crippen molar-refractivity contribution in [3.8, 4) is 17.4 Å². The van der Waals surface area contributed by atoms with Gasteiger partial charge in [-0.15, -0.1) is 0 Å². The Morgan fingerprint density at radius 2 is 1.88 bits per heavy atom. The zero-order valence-electron chi connectivity index (χ0n) is 13.3. The molecular weight excluding hydrogens is 349 g/mol. The van der Waals surface area contributed by atoms with E-state index in [1.54, 1.807) is 23.7 Å². The molecule has 0 saturated carbocycles. The van der Waals surface area contributed by atoms with Crippen molar-refractivity contribution in [2.24, 2.45) is 0 Å². The number of rotatable bonds is 3. The Morgan fingerprint density at radius 3 is 2.58 bits per heavy atom. The summed E-state index contributed by atoms with van der Waals surface area (Å²) in [4.78, 5) is 8.23. The first kappa shape index (κ1) is 16.5. The van der Waals surface area contributed by atoms with Crippen LogP contribution in [-0.4, -0.2) is 19.7 Å². The van der Waals surface area contributed by atoms with Gasteiger partial charge in [-0.2, -0.15) is 10.1 Å². The van der Waals surface area contributed by atoms with Crippen molar-refractivity contribution in [2.75, 3.05) is 5.73 Å². The largest absolute Gasteiger partial charge is 0.418 e. The van der Waals surface area contributed by atoms with Gasteiger partial charge in [0.25, 0.3) is 0 Å². The van der Waals surface area contributed by atoms with Crippen molar-refractivity contribution in [1.29, 1.82) is 0 Å². The summed E-state index contributed by atoms with van der Waals surface area (Å²) in [6, 6.07) is 7.31. The highest BCUT2D eigenvalue weighted by Crippen LogP contribution is 2.34. The summed E-state index contributed by atoms with van der Waals surface area (Å²) in [7, 11) is 0. The van der Waals surface area contributed by atoms with Crippen molar-refractivity contribution >= 4 is 28.9 Å². The highest BCUT2D eigenvalue weighted by atomic mass is 35.5. The fourth-order valence-corrected chi connectivity index (χ4v) is 2.57. The lowest BCUT2D eigenvalue weighted by Gasteiger charge is -2.12. The maximum atomic E-state index is 6.08. The van der Waals surface area contributed by atoms with Gasteiger partial charge >= 0.3 is 0 Å². The standard InChI is InChI=1S/C16H15Cl2N5O/c1-8-9(2)22-23(12-6-4-5-11(17)7-12)16(8)24-15-13(19)14(18)20-10(3)21-15/h4-7H,19H2,1-3H3. The fourth-order valence-electron chi connectivity index (χ4n) is 2.18. The summed E-state index contributed by atoms with van der Waals surface area (Å²) in [6.07, 6.45) is 0. The second-order valence-electron chi connectivity index (χ2n) is 5.29. The molecule has 1 aromatic carbocycles. The number of nitrogen functional groups attached to an aromatic ring is 1. The van der Waals surface area contributed by atoms with Crippen LogP contribution in [0.5, 0.6) is 11.8 Å². The second kappa shape index (κ2) is 6.30. The Kier molecular flexibility index (Phi) is 4.34. The average molecular weight is 364 g/mol. The van der Waals surface area contributed by atoms with E-state index in [0.29, 0.717) is 16.7 Å². The Bertz CT molecular complexity index is 923. The van der Waals surface area contributed by atoms with Crippen LogP contribution in [0, 0.1) is 20.8 Å². The fraction of sp³-hybridized carbons (Fsp3) is 0.188. The lowest BCUT2D eigenvalue weighted by molar-refractivity contribution is 0.425. The molecule has 3 rings (SSSR count). The molecular formula is C16H15Cl2N5O. The number of hydrogen-bond donors (Lipinski definition) is 1. The number of nitrogens with zero attached hydrogens (tertiary/aromatic N) is 4. The summed E-state index contributed by atoms with van der Waals surface area (Å²) in [5.74, 6) is 1.15. The molecule has 6 nitrogen and oxygen atoms in total. The predicted molar refractivity (Wildman–Crippen MR) is 94.3 cm³/mol. The monoisotopic (exact) mass is 363 g/mol. The van der Waals surface area contributed by atoms with Crippen molar-refractivity contribution in [1.82, 2.24) is 19.7 Å². The third-order valence-corrected chi connectivity index (χ3v) is 4.05. The van der Waals surface area contributed by atoms with E-state index in [1.807, 2.05) is 26.0 Å². The Hall–Kier alpha value is -2.31. The molecule has 0 radical (unpaired) electrons. The molecule has 0 aliphatic rings. The van der Waals surface area contributed by atoms with Crippen LogP contribution in [0.2, 0.25) is 10.2 Å². The zero-order chi connectivity index (χ0) is 17.4. The summed E-state index contributed by atoms with van der Waals surface area (Å²) < 4.78 is 7.60. The highest BCUT2D eigenvalue weighted by Gasteiger charge is 2.19. The average Bonchev–Trinajstić information content (AvgIpc) is 2.80. The molecule has 2 heterocycles. The summed E-state index contributed by atoms with van der Waals surface area (Å²) >= 11 is 12.1. The minimum atomic E-state index is 0.153. The van der Waals surface area contributed by atoms with Crippen molar-refractivity contribution in [3.05, 3.63) is 51.5 Å². The smallest absolute Gasteiger partial charge is 0.249 e. The van der Waals surface area contributed by atoms with E-state index in [1.165, 1.54) is 0 Å². The Balaban J connectivity index is 2.12. The third kappa shape index (κ3) is 3.02. The van der Waals surface area contributed by atoms with E-state index in [0.717, 1.165) is 16.9 Å². The number of ether oxygens (including phenoxy) is 1. The van der Waals surface area contributed by atoms with E-state index >= 15 is 0 Å². The van der Waals surface area contributed by atoms with Gasteiger partial charge in [0.2, 0.25) is 11.8 Å². The van der Waals surface area contributed by atoms with Gasteiger partial charge < -0.3 is 10.5 Å². The van der Waals surface area contributed by atoms with Gasteiger partial charge in [-0.05, 0) is 39.0 Å². The molecule has 3 aromatic rings. The molecule has 2 aromatic heterocycles. The quantitative estimate of drug-likeness (QED) is 0.702. The molecule has 0 fully saturated rings. The number of hydrogen-bond acceptors (Lipinski definition) is 5. The van der Waals surface area contributed by atoms with E-state index in [4.69, 9.17) is 33.7 Å². The van der Waals surface area contributed by atoms with Gasteiger partial charge in [0.05, 0.1) is 11.4 Å². The first-order valence-corrected chi connectivity index (χ1v) is 7.92. The normalized spacial score (nSPS) is 10.9. The van der Waals surface area contributed by atoms with Gasteiger partial charge in [0.15, 0.2) is 5.15 Å². The van der Waals surface area contributed by atoms with Crippen molar-refractivity contribution in [3.63, 3.8) is 0 Å². The molecule has 0 unspecified atom stereocenters. The maximum absolute atomic E-state index is 6.08. The van der Waals surface area contributed by atoms with Crippen LogP contribution >= 0.6 is 23.2 Å².